The lowest BCUT2D eigenvalue weighted by Gasteiger charge is -2.05. The van der Waals surface area contributed by atoms with Crippen molar-refractivity contribution in [2.45, 2.75) is 29.1 Å². The van der Waals surface area contributed by atoms with Crippen LogP contribution in [-0.4, -0.2) is 43.1 Å². The first-order chi connectivity index (χ1) is 15.0. The number of rotatable bonds is 11. The largest absolute Gasteiger partial charge is 0.497 e. The lowest BCUT2D eigenvalue weighted by Crippen LogP contribution is -2.14. The topological polar surface area (TPSA) is 111 Å². The molecular weight excluding hydrogens is 438 g/mol. The maximum atomic E-state index is 12.4. The van der Waals surface area contributed by atoms with Crippen molar-refractivity contribution >= 4 is 33.5 Å². The zero-order valence-electron chi connectivity index (χ0n) is 17.0. The van der Waals surface area contributed by atoms with Gasteiger partial charge < -0.3 is 9.15 Å². The maximum Gasteiger partial charge on any atom is 0.322 e. The summed E-state index contributed by atoms with van der Waals surface area (Å²) in [5, 5.41) is 10.3. The molecule has 0 atom stereocenters. The number of carbonyl (C=O) groups excluding carboxylic acids is 1. The van der Waals surface area contributed by atoms with Crippen LogP contribution in [0.1, 0.15) is 18.7 Å². The molecule has 0 fully saturated rings. The molecule has 3 aromatic rings. The summed E-state index contributed by atoms with van der Waals surface area (Å²) in [7, 11) is -1.96. The summed E-state index contributed by atoms with van der Waals surface area (Å²) >= 11 is 1.67. The highest BCUT2D eigenvalue weighted by Crippen LogP contribution is 2.19. The molecule has 0 spiro atoms. The minimum Gasteiger partial charge on any atom is -0.497 e. The lowest BCUT2D eigenvalue weighted by atomic mass is 10.3. The Balaban J connectivity index is 1.40. The van der Waals surface area contributed by atoms with E-state index in [1.54, 1.807) is 23.9 Å². The second kappa shape index (κ2) is 11.0. The van der Waals surface area contributed by atoms with Crippen molar-refractivity contribution in [3.8, 4) is 5.75 Å². The second-order valence-corrected chi connectivity index (χ2v) is 9.84. The van der Waals surface area contributed by atoms with Crippen LogP contribution >= 0.6 is 11.8 Å². The summed E-state index contributed by atoms with van der Waals surface area (Å²) in [4.78, 5) is 13.4. The first-order valence-electron chi connectivity index (χ1n) is 9.63. The van der Waals surface area contributed by atoms with Gasteiger partial charge in [-0.15, -0.1) is 16.9 Å². The molecule has 1 aromatic heterocycles. The number of ether oxygens (including phenoxy) is 1. The van der Waals surface area contributed by atoms with E-state index in [1.165, 1.54) is 19.2 Å². The van der Waals surface area contributed by atoms with Crippen LogP contribution in [0.5, 0.6) is 5.75 Å². The number of aryl methyl sites for hydroxylation is 1. The van der Waals surface area contributed by atoms with Gasteiger partial charge in [0.2, 0.25) is 11.8 Å². The number of methoxy groups -OCH3 is 1. The average molecular weight is 462 g/mol. The van der Waals surface area contributed by atoms with E-state index >= 15 is 0 Å². The first kappa shape index (κ1) is 22.8. The summed E-state index contributed by atoms with van der Waals surface area (Å²) in [5.74, 6) is 1.26. The fraction of sp³-hybridized carbons (Fsp3) is 0.286. The zero-order chi connectivity index (χ0) is 22.1. The molecule has 8 nitrogen and oxygen atoms in total. The Morgan fingerprint density at radius 3 is 2.55 bits per heavy atom. The number of benzene rings is 2. The first-order valence-corrected chi connectivity index (χ1v) is 12.3. The van der Waals surface area contributed by atoms with E-state index in [2.05, 4.69) is 15.5 Å². The van der Waals surface area contributed by atoms with Gasteiger partial charge >= 0.3 is 6.01 Å². The maximum absolute atomic E-state index is 12.4. The molecule has 1 N–H and O–H groups in total. The van der Waals surface area contributed by atoms with Crippen molar-refractivity contribution in [1.29, 1.82) is 0 Å². The Hall–Kier alpha value is -2.85. The Bertz CT molecular complexity index is 1080. The molecule has 0 saturated carbocycles. The average Bonchev–Trinajstić information content (AvgIpc) is 3.21. The van der Waals surface area contributed by atoms with Crippen molar-refractivity contribution in [2.24, 2.45) is 0 Å². The van der Waals surface area contributed by atoms with Gasteiger partial charge in [0.05, 0.1) is 17.8 Å². The number of anilines is 1. The molecule has 0 aliphatic heterocycles. The molecule has 0 aliphatic rings. The number of sulfone groups is 1. The van der Waals surface area contributed by atoms with Gasteiger partial charge in [0.15, 0.2) is 9.84 Å². The molecule has 0 unspecified atom stereocenters. The van der Waals surface area contributed by atoms with Gasteiger partial charge in [-0.25, -0.2) is 8.42 Å². The molecule has 0 radical (unpaired) electrons. The van der Waals surface area contributed by atoms with Gasteiger partial charge in [0, 0.05) is 23.5 Å². The van der Waals surface area contributed by atoms with Gasteiger partial charge in [0.25, 0.3) is 0 Å². The minimum atomic E-state index is -3.47. The fourth-order valence-electron chi connectivity index (χ4n) is 2.68. The Labute approximate surface area is 185 Å². The summed E-state index contributed by atoms with van der Waals surface area (Å²) in [5.41, 5.74) is 0. The van der Waals surface area contributed by atoms with Gasteiger partial charge in [-0.2, -0.15) is 0 Å². The third-order valence-corrected chi connectivity index (χ3v) is 7.11. The van der Waals surface area contributed by atoms with Crippen molar-refractivity contribution in [3.05, 3.63) is 60.5 Å². The van der Waals surface area contributed by atoms with Gasteiger partial charge in [-0.1, -0.05) is 23.3 Å². The van der Waals surface area contributed by atoms with Crippen LogP contribution in [0.15, 0.2) is 68.8 Å². The molecule has 0 saturated heterocycles. The number of carbonyl (C=O) groups is 1. The van der Waals surface area contributed by atoms with Gasteiger partial charge in [-0.3, -0.25) is 10.1 Å². The number of amides is 1. The zero-order valence-corrected chi connectivity index (χ0v) is 18.6. The number of hydrogen-bond donors (Lipinski definition) is 1. The third-order valence-electron chi connectivity index (χ3n) is 4.28. The Morgan fingerprint density at radius 2 is 1.84 bits per heavy atom. The van der Waals surface area contributed by atoms with E-state index in [1.807, 2.05) is 30.3 Å². The molecule has 31 heavy (non-hydrogen) atoms. The number of hydrogen-bond acceptors (Lipinski definition) is 8. The Morgan fingerprint density at radius 1 is 1.10 bits per heavy atom. The normalized spacial score (nSPS) is 11.3. The summed E-state index contributed by atoms with van der Waals surface area (Å²) in [6.07, 6.45) is 0.772. The SMILES string of the molecule is COc1ccc(S(=O)(=O)CCCC(=O)Nc2nnc(CCSc3ccccc3)o2)cc1. The molecule has 3 rings (SSSR count). The fourth-order valence-corrected chi connectivity index (χ4v) is 4.86. The Kier molecular flexibility index (Phi) is 8.07. The quantitative estimate of drug-likeness (QED) is 0.431. The van der Waals surface area contributed by atoms with Crippen LogP contribution < -0.4 is 10.1 Å². The molecule has 164 valence electrons. The van der Waals surface area contributed by atoms with E-state index in [0.29, 0.717) is 18.1 Å². The van der Waals surface area contributed by atoms with E-state index in [0.717, 1.165) is 10.6 Å². The summed E-state index contributed by atoms with van der Waals surface area (Å²) in [6.45, 7) is 0. The number of nitrogens with zero attached hydrogens (tertiary/aromatic N) is 2. The lowest BCUT2D eigenvalue weighted by molar-refractivity contribution is -0.116. The highest BCUT2D eigenvalue weighted by molar-refractivity contribution is 7.99. The summed E-state index contributed by atoms with van der Waals surface area (Å²) < 4.78 is 35.2. The van der Waals surface area contributed by atoms with E-state index in [9.17, 15) is 13.2 Å². The molecule has 1 amide bonds. The third kappa shape index (κ3) is 7.11. The van der Waals surface area contributed by atoms with Crippen LogP contribution in [0.2, 0.25) is 0 Å². The van der Waals surface area contributed by atoms with Crippen LogP contribution in [0.25, 0.3) is 0 Å². The predicted octanol–water partition coefficient (Wildman–Crippen LogP) is 3.61. The van der Waals surface area contributed by atoms with Crippen LogP contribution in [-0.2, 0) is 21.1 Å². The summed E-state index contributed by atoms with van der Waals surface area (Å²) in [6, 6.07) is 16.1. The molecule has 10 heteroatoms. The monoisotopic (exact) mass is 461 g/mol. The van der Waals surface area contributed by atoms with Crippen LogP contribution in [0.4, 0.5) is 6.01 Å². The molecule has 0 bridgehead atoms. The predicted molar refractivity (Wildman–Crippen MR) is 118 cm³/mol. The second-order valence-electron chi connectivity index (χ2n) is 6.56. The standard InChI is InChI=1S/C21H23N3O5S2/c1-28-16-9-11-18(12-10-16)31(26,27)15-5-8-19(25)22-21-24-23-20(29-21)13-14-30-17-6-3-2-4-7-17/h2-4,6-7,9-12H,5,8,13-15H2,1H3,(H,22,24,25). The number of thioether (sulfide) groups is 1. The van der Waals surface area contributed by atoms with E-state index < -0.39 is 9.84 Å². The van der Waals surface area contributed by atoms with Gasteiger partial charge in [-0.05, 0) is 42.8 Å². The molecule has 0 aliphatic carbocycles. The molecule has 1 heterocycles. The van der Waals surface area contributed by atoms with Crippen molar-refractivity contribution in [3.63, 3.8) is 0 Å². The smallest absolute Gasteiger partial charge is 0.322 e. The number of aromatic nitrogens is 2. The van der Waals surface area contributed by atoms with Crippen LogP contribution in [0.3, 0.4) is 0 Å². The molecule has 2 aromatic carbocycles. The van der Waals surface area contributed by atoms with Crippen LogP contribution in [0, 0.1) is 0 Å². The van der Waals surface area contributed by atoms with Crippen molar-refractivity contribution in [1.82, 2.24) is 10.2 Å². The van der Waals surface area contributed by atoms with Crippen molar-refractivity contribution < 1.29 is 22.4 Å². The highest BCUT2D eigenvalue weighted by Gasteiger charge is 2.16. The van der Waals surface area contributed by atoms with E-state index in [4.69, 9.17) is 9.15 Å². The molecular formula is C21H23N3O5S2. The van der Waals surface area contributed by atoms with E-state index in [-0.39, 0.29) is 35.4 Å². The van der Waals surface area contributed by atoms with Gasteiger partial charge in [0.1, 0.15) is 5.75 Å². The minimum absolute atomic E-state index is 0.0164. The number of nitrogens with one attached hydrogen (secondary N) is 1. The highest BCUT2D eigenvalue weighted by atomic mass is 32.2. The van der Waals surface area contributed by atoms with Crippen molar-refractivity contribution in [2.75, 3.05) is 23.9 Å².